The highest BCUT2D eigenvalue weighted by Gasteiger charge is 2.39. The van der Waals surface area contributed by atoms with Gasteiger partial charge < -0.3 is 16.0 Å². The van der Waals surface area contributed by atoms with Crippen LogP contribution in [0.2, 0.25) is 5.02 Å². The summed E-state index contributed by atoms with van der Waals surface area (Å²) in [6.45, 7) is 3.64. The Morgan fingerprint density at radius 1 is 0.750 bits per heavy atom. The molecule has 0 bridgehead atoms. The first kappa shape index (κ1) is 28.6. The highest BCUT2D eigenvalue weighted by Crippen LogP contribution is 2.43. The second kappa shape index (κ2) is 12.4. The van der Waals surface area contributed by atoms with Crippen molar-refractivity contribution in [1.82, 2.24) is 25.1 Å². The molecular formula is C34H28ClN7O2. The average Bonchev–Trinajstić information content (AvgIpc) is 3.47. The second-order valence-electron chi connectivity index (χ2n) is 10.2. The highest BCUT2D eigenvalue weighted by molar-refractivity contribution is 6.30. The van der Waals surface area contributed by atoms with Crippen molar-refractivity contribution in [3.05, 3.63) is 143 Å². The Morgan fingerprint density at radius 2 is 1.30 bits per heavy atom. The van der Waals surface area contributed by atoms with Gasteiger partial charge in [-0.3, -0.25) is 9.59 Å². The van der Waals surface area contributed by atoms with Gasteiger partial charge in [0.2, 0.25) is 0 Å². The minimum absolute atomic E-state index is 0.357. The summed E-state index contributed by atoms with van der Waals surface area (Å²) in [7, 11) is 0. The minimum Gasteiger partial charge on any atom is -0.362 e. The van der Waals surface area contributed by atoms with Gasteiger partial charge in [0.1, 0.15) is 11.6 Å². The summed E-state index contributed by atoms with van der Waals surface area (Å²) in [5.74, 6) is -0.833. The first-order chi connectivity index (χ1) is 21.4. The number of anilines is 2. The summed E-state index contributed by atoms with van der Waals surface area (Å²) in [6.07, 6.45) is 5.08. The van der Waals surface area contributed by atoms with Crippen LogP contribution in [0.3, 0.4) is 0 Å². The van der Waals surface area contributed by atoms with E-state index in [4.69, 9.17) is 16.7 Å². The average molecular weight is 602 g/mol. The van der Waals surface area contributed by atoms with Crippen LogP contribution in [0.1, 0.15) is 25.3 Å². The number of dihydropyridines is 1. The number of nitrogens with one attached hydrogen (secondary N) is 3. The number of carbonyl (C=O) groups excluding carboxylic acids is 2. The smallest absolute Gasteiger partial charge is 0.255 e. The van der Waals surface area contributed by atoms with Crippen molar-refractivity contribution in [2.45, 2.75) is 19.8 Å². The fourth-order valence-corrected chi connectivity index (χ4v) is 5.42. The number of nitrogens with zero attached hydrogens (tertiary/aromatic N) is 4. The lowest BCUT2D eigenvalue weighted by atomic mass is 9.79. The first-order valence-electron chi connectivity index (χ1n) is 13.9. The molecule has 2 aromatic carbocycles. The maximum absolute atomic E-state index is 14.1. The van der Waals surface area contributed by atoms with Crippen molar-refractivity contribution in [1.29, 1.82) is 0 Å². The van der Waals surface area contributed by atoms with E-state index in [0.29, 0.717) is 50.5 Å². The van der Waals surface area contributed by atoms with E-state index in [1.165, 1.54) is 0 Å². The number of rotatable bonds is 7. The van der Waals surface area contributed by atoms with E-state index in [1.807, 2.05) is 62.5 Å². The molecule has 218 valence electrons. The van der Waals surface area contributed by atoms with Crippen molar-refractivity contribution in [2.24, 2.45) is 0 Å². The van der Waals surface area contributed by atoms with Crippen molar-refractivity contribution in [2.75, 3.05) is 10.6 Å². The molecule has 0 saturated heterocycles. The van der Waals surface area contributed by atoms with E-state index < -0.39 is 17.7 Å². The van der Waals surface area contributed by atoms with Crippen LogP contribution in [0.25, 0.3) is 16.9 Å². The maximum atomic E-state index is 14.1. The lowest BCUT2D eigenvalue weighted by Crippen LogP contribution is -2.35. The molecule has 0 aliphatic carbocycles. The summed E-state index contributed by atoms with van der Waals surface area (Å²) in [4.78, 5) is 36.8. The Morgan fingerprint density at radius 3 is 1.82 bits per heavy atom. The quantitative estimate of drug-likeness (QED) is 0.196. The van der Waals surface area contributed by atoms with E-state index in [9.17, 15) is 9.59 Å². The van der Waals surface area contributed by atoms with Crippen LogP contribution >= 0.6 is 11.6 Å². The SMILES string of the molecule is CC1=C(C(=O)Nc2ccccn2)C(c2cn(-c3ccccc3)nc2-c2ccc(Cl)cc2)C(C(=O)Nc2ccccn2)=C(C)N1. The van der Waals surface area contributed by atoms with E-state index in [1.54, 1.807) is 65.6 Å². The number of carbonyl (C=O) groups is 2. The lowest BCUT2D eigenvalue weighted by molar-refractivity contribution is -0.113. The molecule has 3 N–H and O–H groups in total. The third-order valence-electron chi connectivity index (χ3n) is 7.25. The molecular weight excluding hydrogens is 574 g/mol. The number of hydrogen-bond donors (Lipinski definition) is 3. The molecule has 3 aromatic heterocycles. The topological polar surface area (TPSA) is 114 Å². The summed E-state index contributed by atoms with van der Waals surface area (Å²) in [6, 6.07) is 27.5. The third-order valence-corrected chi connectivity index (χ3v) is 7.51. The number of pyridine rings is 2. The Hall–Kier alpha value is -5.54. The van der Waals surface area contributed by atoms with E-state index >= 15 is 0 Å². The third kappa shape index (κ3) is 5.86. The lowest BCUT2D eigenvalue weighted by Gasteiger charge is -2.31. The zero-order valence-corrected chi connectivity index (χ0v) is 24.7. The molecule has 5 aromatic rings. The summed E-state index contributed by atoms with van der Waals surface area (Å²) in [5, 5.41) is 14.7. The standard InChI is InChI=1S/C34H28ClN7O2/c1-21-29(33(43)39-27-12-6-8-18-36-27)31(30(22(2)38-21)34(44)40-28-13-7-9-19-37-28)26-20-42(25-10-4-3-5-11-25)41-32(26)23-14-16-24(35)17-15-23/h3-20,31,38H,1-2H3,(H,36,39,43)(H,37,40,44). The number of hydrogen-bond acceptors (Lipinski definition) is 6. The number of halogens is 1. The van der Waals surface area contributed by atoms with E-state index in [-0.39, 0.29) is 0 Å². The molecule has 1 aliphatic rings. The minimum atomic E-state index is -0.813. The zero-order chi connectivity index (χ0) is 30.6. The Kier molecular flexibility index (Phi) is 8.03. The van der Waals surface area contributed by atoms with E-state index in [0.717, 1.165) is 11.3 Å². The predicted octanol–water partition coefficient (Wildman–Crippen LogP) is 6.49. The van der Waals surface area contributed by atoms with Crippen LogP contribution in [0.4, 0.5) is 11.6 Å². The van der Waals surface area contributed by atoms with Gasteiger partial charge in [0.15, 0.2) is 0 Å². The molecule has 4 heterocycles. The van der Waals surface area contributed by atoms with Gasteiger partial charge >= 0.3 is 0 Å². The molecule has 0 saturated carbocycles. The number of para-hydroxylation sites is 1. The van der Waals surface area contributed by atoms with Crippen molar-refractivity contribution in [3.8, 4) is 16.9 Å². The first-order valence-corrected chi connectivity index (χ1v) is 14.3. The number of allylic oxidation sites excluding steroid dienone is 2. The van der Waals surface area contributed by atoms with Gasteiger partial charge in [0, 0.05) is 57.3 Å². The monoisotopic (exact) mass is 601 g/mol. The largest absolute Gasteiger partial charge is 0.362 e. The van der Waals surface area contributed by atoms with Crippen LogP contribution in [-0.4, -0.2) is 31.6 Å². The normalized spacial score (nSPS) is 13.4. The summed E-state index contributed by atoms with van der Waals surface area (Å²) in [5.41, 5.74) is 4.78. The van der Waals surface area contributed by atoms with Crippen LogP contribution in [0, 0.1) is 0 Å². The number of benzene rings is 2. The van der Waals surface area contributed by atoms with Gasteiger partial charge in [-0.15, -0.1) is 0 Å². The van der Waals surface area contributed by atoms with Gasteiger partial charge in [0.05, 0.1) is 17.3 Å². The van der Waals surface area contributed by atoms with Gasteiger partial charge in [-0.1, -0.05) is 54.1 Å². The molecule has 0 radical (unpaired) electrons. The van der Waals surface area contributed by atoms with Gasteiger partial charge in [-0.2, -0.15) is 5.10 Å². The fourth-order valence-electron chi connectivity index (χ4n) is 5.29. The van der Waals surface area contributed by atoms with Gasteiger partial charge in [-0.25, -0.2) is 14.6 Å². The molecule has 44 heavy (non-hydrogen) atoms. The summed E-state index contributed by atoms with van der Waals surface area (Å²) < 4.78 is 1.76. The van der Waals surface area contributed by atoms with Crippen LogP contribution < -0.4 is 16.0 Å². The van der Waals surface area contributed by atoms with Crippen LogP contribution in [0.5, 0.6) is 0 Å². The molecule has 2 amide bonds. The maximum Gasteiger partial charge on any atom is 0.255 e. The van der Waals surface area contributed by atoms with Crippen LogP contribution in [-0.2, 0) is 9.59 Å². The fraction of sp³-hybridized carbons (Fsp3) is 0.0882. The molecule has 0 unspecified atom stereocenters. The van der Waals surface area contributed by atoms with Crippen molar-refractivity contribution in [3.63, 3.8) is 0 Å². The predicted molar refractivity (Wildman–Crippen MR) is 171 cm³/mol. The number of amides is 2. The second-order valence-corrected chi connectivity index (χ2v) is 10.6. The van der Waals surface area contributed by atoms with E-state index in [2.05, 4.69) is 25.9 Å². The van der Waals surface area contributed by atoms with Crippen molar-refractivity contribution >= 4 is 35.1 Å². The molecule has 9 nitrogen and oxygen atoms in total. The van der Waals surface area contributed by atoms with Gasteiger partial charge in [-0.05, 0) is 62.4 Å². The zero-order valence-electron chi connectivity index (χ0n) is 24.0. The molecule has 0 spiro atoms. The van der Waals surface area contributed by atoms with Crippen molar-refractivity contribution < 1.29 is 9.59 Å². The molecule has 6 rings (SSSR count). The Labute approximate surface area is 259 Å². The Balaban J connectivity index is 1.55. The molecule has 10 heteroatoms. The van der Waals surface area contributed by atoms with Crippen LogP contribution in [0.15, 0.2) is 132 Å². The number of aromatic nitrogens is 4. The highest BCUT2D eigenvalue weighted by atomic mass is 35.5. The summed E-state index contributed by atoms with van der Waals surface area (Å²) >= 11 is 6.24. The molecule has 1 aliphatic heterocycles. The Bertz CT molecular complexity index is 1810. The molecule has 0 fully saturated rings. The molecule has 0 atom stereocenters. The van der Waals surface area contributed by atoms with Gasteiger partial charge in [0.25, 0.3) is 11.8 Å².